The molecule has 1 saturated heterocycles. The third-order valence-electron chi connectivity index (χ3n) is 2.73. The molecule has 1 N–H and O–H groups in total. The van der Waals surface area contributed by atoms with E-state index in [2.05, 4.69) is 0 Å². The number of ether oxygens (including phenoxy) is 1. The van der Waals surface area contributed by atoms with Crippen molar-refractivity contribution in [3.63, 3.8) is 0 Å². The lowest BCUT2D eigenvalue weighted by Gasteiger charge is -2.34. The molecule has 1 amide bonds. The summed E-state index contributed by atoms with van der Waals surface area (Å²) in [7, 11) is 0. The van der Waals surface area contributed by atoms with E-state index in [1.807, 2.05) is 6.07 Å². The molecule has 1 fully saturated rings. The summed E-state index contributed by atoms with van der Waals surface area (Å²) in [6.45, 7) is 0.157. The summed E-state index contributed by atoms with van der Waals surface area (Å²) in [5.41, 5.74) is 0.878. The minimum Gasteiger partial charge on any atom is -0.449 e. The fourth-order valence-electron chi connectivity index (χ4n) is 1.88. The molecule has 17 heavy (non-hydrogen) atoms. The van der Waals surface area contributed by atoms with Gasteiger partial charge in [0, 0.05) is 6.42 Å². The summed E-state index contributed by atoms with van der Waals surface area (Å²) in [4.78, 5) is 13.1. The Balaban J connectivity index is 2.42. The first-order chi connectivity index (χ1) is 8.27. The molecule has 5 heteroatoms. The van der Waals surface area contributed by atoms with E-state index in [9.17, 15) is 9.90 Å². The minimum absolute atomic E-state index is 0.144. The largest absolute Gasteiger partial charge is 0.449 e. The second-order valence-electron chi connectivity index (χ2n) is 3.74. The van der Waals surface area contributed by atoms with Crippen molar-refractivity contribution >= 4 is 11.8 Å². The summed E-state index contributed by atoms with van der Waals surface area (Å²) >= 11 is 0. The van der Waals surface area contributed by atoms with E-state index in [0.717, 1.165) is 0 Å². The number of benzene rings is 1. The maximum Gasteiger partial charge on any atom is 0.414 e. The molecule has 1 aliphatic heterocycles. The molecule has 88 valence electrons. The number of hydrogen-bond donors (Lipinski definition) is 1. The van der Waals surface area contributed by atoms with Crippen molar-refractivity contribution in [2.45, 2.75) is 12.5 Å². The molecule has 0 bridgehead atoms. The van der Waals surface area contributed by atoms with Crippen molar-refractivity contribution in [2.24, 2.45) is 0 Å². The zero-order valence-corrected chi connectivity index (χ0v) is 9.17. The van der Waals surface area contributed by atoms with Crippen molar-refractivity contribution in [1.29, 1.82) is 5.26 Å². The van der Waals surface area contributed by atoms with Crippen molar-refractivity contribution in [1.82, 2.24) is 0 Å². The first-order valence-corrected chi connectivity index (χ1v) is 5.34. The number of aliphatic hydroxyl groups is 1. The molecule has 0 saturated carbocycles. The molecular formula is C12H12N2O3. The highest BCUT2D eigenvalue weighted by molar-refractivity contribution is 5.90. The van der Waals surface area contributed by atoms with Gasteiger partial charge in [-0.3, -0.25) is 4.90 Å². The van der Waals surface area contributed by atoms with Crippen LogP contribution < -0.4 is 4.90 Å². The number of rotatable bonds is 2. The van der Waals surface area contributed by atoms with Gasteiger partial charge in [-0.2, -0.15) is 5.26 Å². The highest BCUT2D eigenvalue weighted by Crippen LogP contribution is 2.26. The molecule has 2 rings (SSSR count). The Labute approximate surface area is 98.8 Å². The van der Waals surface area contributed by atoms with Gasteiger partial charge in [0.1, 0.15) is 6.07 Å². The predicted molar refractivity (Wildman–Crippen MR) is 60.5 cm³/mol. The van der Waals surface area contributed by atoms with E-state index in [4.69, 9.17) is 10.00 Å². The van der Waals surface area contributed by atoms with Crippen molar-refractivity contribution in [2.75, 3.05) is 18.1 Å². The lowest BCUT2D eigenvalue weighted by atomic mass is 10.1. The quantitative estimate of drug-likeness (QED) is 0.833. The number of carbonyl (C=O) groups is 1. The van der Waals surface area contributed by atoms with E-state index in [0.29, 0.717) is 24.3 Å². The molecule has 0 spiro atoms. The second kappa shape index (κ2) is 4.85. The average molecular weight is 232 g/mol. The lowest BCUT2D eigenvalue weighted by Crippen LogP contribution is -2.48. The van der Waals surface area contributed by atoms with E-state index in [1.54, 1.807) is 24.3 Å². The lowest BCUT2D eigenvalue weighted by molar-refractivity contribution is 0.116. The van der Waals surface area contributed by atoms with Gasteiger partial charge in [0.25, 0.3) is 0 Å². The van der Waals surface area contributed by atoms with Gasteiger partial charge in [0.2, 0.25) is 0 Å². The summed E-state index contributed by atoms with van der Waals surface area (Å²) in [6, 6.07) is 8.47. The van der Waals surface area contributed by atoms with E-state index < -0.39 is 6.09 Å². The Bertz CT molecular complexity index is 467. The number of nitriles is 1. The van der Waals surface area contributed by atoms with Crippen LogP contribution in [0.3, 0.4) is 0 Å². The van der Waals surface area contributed by atoms with Gasteiger partial charge in [-0.15, -0.1) is 0 Å². The number of aliphatic hydroxyl groups excluding tert-OH is 1. The van der Waals surface area contributed by atoms with E-state index in [1.165, 1.54) is 4.90 Å². The fourth-order valence-corrected chi connectivity index (χ4v) is 1.88. The molecule has 1 aliphatic rings. The molecule has 1 atom stereocenters. The summed E-state index contributed by atoms with van der Waals surface area (Å²) in [6.07, 6.45) is 0.0418. The molecule has 0 radical (unpaired) electrons. The molecular weight excluding hydrogens is 220 g/mol. The zero-order chi connectivity index (χ0) is 12.3. The molecule has 1 aromatic rings. The number of amides is 1. The second-order valence-corrected chi connectivity index (χ2v) is 3.74. The number of para-hydroxylation sites is 1. The third-order valence-corrected chi connectivity index (χ3v) is 2.73. The number of cyclic esters (lactones) is 1. The van der Waals surface area contributed by atoms with Gasteiger partial charge in [-0.25, -0.2) is 4.79 Å². The van der Waals surface area contributed by atoms with E-state index in [-0.39, 0.29) is 12.6 Å². The van der Waals surface area contributed by atoms with Gasteiger partial charge in [-0.05, 0) is 12.1 Å². The molecule has 1 aromatic carbocycles. The Kier molecular flexibility index (Phi) is 3.26. The van der Waals surface area contributed by atoms with Gasteiger partial charge in [0.05, 0.1) is 30.5 Å². The highest BCUT2D eigenvalue weighted by Gasteiger charge is 2.31. The summed E-state index contributed by atoms with van der Waals surface area (Å²) in [5, 5.41) is 18.3. The van der Waals surface area contributed by atoms with Crippen molar-refractivity contribution in [3.05, 3.63) is 29.8 Å². The van der Waals surface area contributed by atoms with Crippen molar-refractivity contribution < 1.29 is 14.6 Å². The first kappa shape index (κ1) is 11.4. The Morgan fingerprint density at radius 1 is 1.53 bits per heavy atom. The first-order valence-electron chi connectivity index (χ1n) is 5.34. The molecule has 0 aromatic heterocycles. The molecule has 5 nitrogen and oxygen atoms in total. The van der Waals surface area contributed by atoms with Gasteiger partial charge in [0.15, 0.2) is 0 Å². The summed E-state index contributed by atoms with van der Waals surface area (Å²) < 4.78 is 4.94. The minimum atomic E-state index is -0.516. The molecule has 0 aliphatic carbocycles. The van der Waals surface area contributed by atoms with Crippen LogP contribution in [0.15, 0.2) is 24.3 Å². The summed E-state index contributed by atoms with van der Waals surface area (Å²) in [5.74, 6) is 0. The van der Waals surface area contributed by atoms with Crippen LogP contribution in [0.1, 0.15) is 12.0 Å². The Morgan fingerprint density at radius 2 is 2.29 bits per heavy atom. The number of nitrogens with zero attached hydrogens (tertiary/aromatic N) is 2. The van der Waals surface area contributed by atoms with Crippen molar-refractivity contribution in [3.8, 4) is 6.07 Å². The predicted octanol–water partition coefficient (Wildman–Crippen LogP) is 1.27. The monoisotopic (exact) mass is 232 g/mol. The van der Waals surface area contributed by atoms with Gasteiger partial charge in [-0.1, -0.05) is 12.1 Å². The Morgan fingerprint density at radius 3 is 3.00 bits per heavy atom. The van der Waals surface area contributed by atoms with Crippen LogP contribution in [0, 0.1) is 11.3 Å². The number of anilines is 1. The van der Waals surface area contributed by atoms with E-state index >= 15 is 0 Å². The maximum atomic E-state index is 11.7. The van der Waals surface area contributed by atoms with Crippen LogP contribution in [0.4, 0.5) is 10.5 Å². The van der Waals surface area contributed by atoms with Crippen LogP contribution >= 0.6 is 0 Å². The fraction of sp³-hybridized carbons (Fsp3) is 0.333. The number of hydrogen-bond acceptors (Lipinski definition) is 4. The third kappa shape index (κ3) is 2.08. The topological polar surface area (TPSA) is 73.6 Å². The standard InChI is InChI=1S/C12H12N2O3/c13-7-9-3-1-2-4-11(9)14-10(8-15)5-6-17-12(14)16/h1-4,10,15H,5-6,8H2. The van der Waals surface area contributed by atoms with Crippen LogP contribution in [-0.2, 0) is 4.74 Å². The van der Waals surface area contributed by atoms with Crippen LogP contribution in [0.5, 0.6) is 0 Å². The zero-order valence-electron chi connectivity index (χ0n) is 9.17. The van der Waals surface area contributed by atoms with Crippen LogP contribution in [-0.4, -0.2) is 30.5 Å². The highest BCUT2D eigenvalue weighted by atomic mass is 16.6. The van der Waals surface area contributed by atoms with Gasteiger partial charge < -0.3 is 9.84 Å². The average Bonchev–Trinajstić information content (AvgIpc) is 2.38. The van der Waals surface area contributed by atoms with Crippen LogP contribution in [0.25, 0.3) is 0 Å². The van der Waals surface area contributed by atoms with Gasteiger partial charge >= 0.3 is 6.09 Å². The maximum absolute atomic E-state index is 11.7. The molecule has 1 heterocycles. The SMILES string of the molecule is N#Cc1ccccc1N1C(=O)OCCC1CO. The van der Waals surface area contributed by atoms with Crippen LogP contribution in [0.2, 0.25) is 0 Å². The Hall–Kier alpha value is -2.06. The molecule has 1 unspecified atom stereocenters. The number of carbonyl (C=O) groups excluding carboxylic acids is 1. The normalized spacial score (nSPS) is 19.6. The smallest absolute Gasteiger partial charge is 0.414 e.